The lowest BCUT2D eigenvalue weighted by Crippen LogP contribution is -2.51. The van der Waals surface area contributed by atoms with E-state index in [2.05, 4.69) is 25.3 Å². The molecule has 0 aromatic carbocycles. The Balaban J connectivity index is 1.57. The van der Waals surface area contributed by atoms with Gasteiger partial charge in [0.1, 0.15) is 5.65 Å². The minimum Gasteiger partial charge on any atom is -0.453 e. The lowest BCUT2D eigenvalue weighted by molar-refractivity contribution is -0.000119. The molecule has 4 rings (SSSR count). The quantitative estimate of drug-likeness (QED) is 0.668. The number of carbonyl (C=O) groups is 1. The van der Waals surface area contributed by atoms with Gasteiger partial charge in [0.2, 0.25) is 0 Å². The number of rotatable bonds is 4. The molecule has 152 valence electrons. The minimum absolute atomic E-state index is 0.0229. The summed E-state index contributed by atoms with van der Waals surface area (Å²) in [5.41, 5.74) is 1.27. The fourth-order valence-electron chi connectivity index (χ4n) is 3.18. The van der Waals surface area contributed by atoms with Crippen LogP contribution in [0.1, 0.15) is 0 Å². The van der Waals surface area contributed by atoms with E-state index in [0.29, 0.717) is 41.8 Å². The molecule has 0 saturated carbocycles. The monoisotopic (exact) mass is 420 g/mol. The molecule has 1 saturated heterocycles. The number of pyridine rings is 1. The van der Waals surface area contributed by atoms with Crippen LogP contribution in [0.4, 0.5) is 15.0 Å². The first kappa shape index (κ1) is 19.3. The Morgan fingerprint density at radius 2 is 2.34 bits per heavy atom. The van der Waals surface area contributed by atoms with Crippen LogP contribution in [0.5, 0.6) is 0 Å². The van der Waals surface area contributed by atoms with Gasteiger partial charge in [-0.15, -0.1) is 0 Å². The number of carbonyl (C=O) groups excluding carboxylic acids is 1. The van der Waals surface area contributed by atoms with Crippen LogP contribution >= 0.6 is 11.6 Å². The normalized spacial score (nSPS) is 16.8. The van der Waals surface area contributed by atoms with Crippen molar-refractivity contribution in [3.63, 3.8) is 0 Å². The number of aromatic nitrogens is 4. The van der Waals surface area contributed by atoms with Crippen LogP contribution in [-0.4, -0.2) is 70.4 Å². The molecule has 9 nitrogen and oxygen atoms in total. The van der Waals surface area contributed by atoms with E-state index >= 15 is 0 Å². The Morgan fingerprint density at radius 3 is 3.17 bits per heavy atom. The van der Waals surface area contributed by atoms with Crippen molar-refractivity contribution in [3.8, 4) is 11.4 Å². The first-order valence-electron chi connectivity index (χ1n) is 8.88. The number of nitrogens with one attached hydrogen (secondary N) is 2. The third kappa shape index (κ3) is 3.94. The van der Waals surface area contributed by atoms with E-state index in [1.807, 2.05) is 0 Å². The number of hydrogen-bond acceptors (Lipinski definition) is 7. The first-order valence-corrected chi connectivity index (χ1v) is 9.26. The highest BCUT2D eigenvalue weighted by Crippen LogP contribution is 2.28. The number of methoxy groups -OCH3 is 1. The molecule has 29 heavy (non-hydrogen) atoms. The van der Waals surface area contributed by atoms with Crippen LogP contribution in [0, 0.1) is 5.82 Å². The van der Waals surface area contributed by atoms with E-state index in [4.69, 9.17) is 21.1 Å². The van der Waals surface area contributed by atoms with Gasteiger partial charge in [-0.3, -0.25) is 4.90 Å². The number of anilines is 1. The molecule has 1 unspecified atom stereocenters. The highest BCUT2D eigenvalue weighted by Gasteiger charge is 2.28. The molecule has 1 atom stereocenters. The Kier molecular flexibility index (Phi) is 5.45. The average molecular weight is 421 g/mol. The number of halogens is 2. The van der Waals surface area contributed by atoms with Crippen molar-refractivity contribution in [2.75, 3.05) is 38.7 Å². The first-order chi connectivity index (χ1) is 14.1. The van der Waals surface area contributed by atoms with E-state index in [9.17, 15) is 9.18 Å². The summed E-state index contributed by atoms with van der Waals surface area (Å²) < 4.78 is 24.5. The van der Waals surface area contributed by atoms with Crippen molar-refractivity contribution >= 4 is 34.5 Å². The number of hydrogen-bond donors (Lipinski definition) is 2. The second-order valence-electron chi connectivity index (χ2n) is 6.42. The zero-order chi connectivity index (χ0) is 20.4. The SMILES string of the molecule is COC(=O)N1CCOCC1CNc1nc(-c2c[nH]c3ncc(Cl)cc23)ncc1F. The molecule has 0 aliphatic carbocycles. The Labute approximate surface area is 170 Å². The molecule has 3 aromatic heterocycles. The van der Waals surface area contributed by atoms with E-state index in [0.717, 1.165) is 11.6 Å². The van der Waals surface area contributed by atoms with E-state index in [1.54, 1.807) is 17.2 Å². The largest absolute Gasteiger partial charge is 0.453 e. The van der Waals surface area contributed by atoms with Gasteiger partial charge >= 0.3 is 6.09 Å². The minimum atomic E-state index is -0.605. The zero-order valence-electron chi connectivity index (χ0n) is 15.5. The Morgan fingerprint density at radius 1 is 1.48 bits per heavy atom. The molecular weight excluding hydrogens is 403 g/mol. The van der Waals surface area contributed by atoms with Crippen LogP contribution in [0.2, 0.25) is 5.02 Å². The number of aromatic amines is 1. The number of morpholine rings is 1. The van der Waals surface area contributed by atoms with Crippen LogP contribution < -0.4 is 5.32 Å². The summed E-state index contributed by atoms with van der Waals surface area (Å²) in [6, 6.07) is 1.42. The highest BCUT2D eigenvalue weighted by molar-refractivity contribution is 6.31. The van der Waals surface area contributed by atoms with Gasteiger partial charge in [0, 0.05) is 36.4 Å². The van der Waals surface area contributed by atoms with Gasteiger partial charge in [-0.1, -0.05) is 11.6 Å². The lowest BCUT2D eigenvalue weighted by Gasteiger charge is -2.34. The third-order valence-electron chi connectivity index (χ3n) is 4.62. The molecule has 1 aliphatic rings. The predicted molar refractivity (Wildman–Crippen MR) is 104 cm³/mol. The summed E-state index contributed by atoms with van der Waals surface area (Å²) in [4.78, 5) is 29.1. The molecular formula is C18H18ClFN6O3. The molecule has 2 N–H and O–H groups in total. The summed E-state index contributed by atoms with van der Waals surface area (Å²) in [5, 5.41) is 4.15. The molecule has 1 fully saturated rings. The fourth-order valence-corrected chi connectivity index (χ4v) is 3.34. The van der Waals surface area contributed by atoms with Crippen molar-refractivity contribution in [1.29, 1.82) is 0 Å². The molecule has 11 heteroatoms. The van der Waals surface area contributed by atoms with Gasteiger partial charge in [0.15, 0.2) is 17.5 Å². The van der Waals surface area contributed by atoms with Crippen LogP contribution in [0.25, 0.3) is 22.4 Å². The fraction of sp³-hybridized carbons (Fsp3) is 0.333. The molecule has 0 bridgehead atoms. The lowest BCUT2D eigenvalue weighted by atomic mass is 10.2. The molecule has 1 aliphatic heterocycles. The van der Waals surface area contributed by atoms with E-state index in [-0.39, 0.29) is 18.4 Å². The topological polar surface area (TPSA) is 105 Å². The molecule has 0 spiro atoms. The second kappa shape index (κ2) is 8.18. The standard InChI is InChI=1S/C18H18ClFN6O3/c1-28-18(27)26-2-3-29-9-11(26)6-22-17-14(20)8-24-16(25-17)13-7-23-15-12(13)4-10(19)5-21-15/h4-5,7-8,11H,2-3,6,9H2,1H3,(H,21,23)(H,22,24,25). The number of fused-ring (bicyclic) bond motifs is 1. The molecule has 1 amide bonds. The highest BCUT2D eigenvalue weighted by atomic mass is 35.5. The van der Waals surface area contributed by atoms with Crippen molar-refractivity contribution < 1.29 is 18.7 Å². The van der Waals surface area contributed by atoms with Gasteiger partial charge in [-0.05, 0) is 6.07 Å². The van der Waals surface area contributed by atoms with Gasteiger partial charge in [0.25, 0.3) is 0 Å². The van der Waals surface area contributed by atoms with Gasteiger partial charge < -0.3 is 19.8 Å². The van der Waals surface area contributed by atoms with Crippen LogP contribution in [0.3, 0.4) is 0 Å². The summed E-state index contributed by atoms with van der Waals surface area (Å²) in [5.74, 6) is -0.269. The number of amides is 1. The average Bonchev–Trinajstić information content (AvgIpc) is 3.16. The van der Waals surface area contributed by atoms with Gasteiger partial charge in [-0.2, -0.15) is 0 Å². The second-order valence-corrected chi connectivity index (χ2v) is 6.85. The van der Waals surface area contributed by atoms with Crippen molar-refractivity contribution in [1.82, 2.24) is 24.8 Å². The van der Waals surface area contributed by atoms with Crippen LogP contribution in [0.15, 0.2) is 24.7 Å². The predicted octanol–water partition coefficient (Wildman–Crippen LogP) is 2.69. The molecule has 0 radical (unpaired) electrons. The van der Waals surface area contributed by atoms with Crippen molar-refractivity contribution in [2.45, 2.75) is 6.04 Å². The number of nitrogens with zero attached hydrogens (tertiary/aromatic N) is 4. The molecule has 3 aromatic rings. The Hall–Kier alpha value is -2.98. The number of ether oxygens (including phenoxy) is 2. The summed E-state index contributed by atoms with van der Waals surface area (Å²) in [7, 11) is 1.32. The summed E-state index contributed by atoms with van der Waals surface area (Å²) in [6.07, 6.45) is 3.87. The Bertz CT molecular complexity index is 1050. The van der Waals surface area contributed by atoms with E-state index < -0.39 is 11.9 Å². The number of H-pyrrole nitrogens is 1. The van der Waals surface area contributed by atoms with Crippen molar-refractivity contribution in [3.05, 3.63) is 35.5 Å². The van der Waals surface area contributed by atoms with Gasteiger partial charge in [-0.25, -0.2) is 24.1 Å². The van der Waals surface area contributed by atoms with Crippen LogP contribution in [-0.2, 0) is 9.47 Å². The van der Waals surface area contributed by atoms with E-state index in [1.165, 1.54) is 13.3 Å². The smallest absolute Gasteiger partial charge is 0.409 e. The summed E-state index contributed by atoms with van der Waals surface area (Å²) in [6.45, 7) is 1.38. The summed E-state index contributed by atoms with van der Waals surface area (Å²) >= 11 is 6.03. The zero-order valence-corrected chi connectivity index (χ0v) is 16.2. The van der Waals surface area contributed by atoms with Gasteiger partial charge in [0.05, 0.1) is 37.6 Å². The third-order valence-corrected chi connectivity index (χ3v) is 4.83. The maximum Gasteiger partial charge on any atom is 0.409 e. The molecule has 4 heterocycles. The maximum absolute atomic E-state index is 14.3. The maximum atomic E-state index is 14.3. The van der Waals surface area contributed by atoms with Crippen molar-refractivity contribution in [2.24, 2.45) is 0 Å².